The Morgan fingerprint density at radius 3 is 2.70 bits per heavy atom. The lowest BCUT2D eigenvalue weighted by Gasteiger charge is -2.29. The number of rotatable bonds is 5. The lowest BCUT2D eigenvalue weighted by Crippen LogP contribution is -2.37. The Labute approximate surface area is 136 Å². The fourth-order valence-corrected chi connectivity index (χ4v) is 3.48. The zero-order valence-corrected chi connectivity index (χ0v) is 13.4. The first-order valence-electron chi connectivity index (χ1n) is 8.79. The highest BCUT2D eigenvalue weighted by Crippen LogP contribution is 2.29. The van der Waals surface area contributed by atoms with Gasteiger partial charge in [0.2, 0.25) is 0 Å². The van der Waals surface area contributed by atoms with Gasteiger partial charge in [-0.3, -0.25) is 4.79 Å². The van der Waals surface area contributed by atoms with Crippen LogP contribution in [0.15, 0.2) is 35.3 Å². The van der Waals surface area contributed by atoms with Crippen molar-refractivity contribution in [1.82, 2.24) is 10.3 Å². The van der Waals surface area contributed by atoms with Crippen LogP contribution in [0.5, 0.6) is 5.75 Å². The summed E-state index contributed by atoms with van der Waals surface area (Å²) in [4.78, 5) is 14.4. The van der Waals surface area contributed by atoms with Gasteiger partial charge in [-0.05, 0) is 80.6 Å². The number of benzene rings is 1. The van der Waals surface area contributed by atoms with Gasteiger partial charge in [0.25, 0.3) is 5.56 Å². The molecule has 1 aromatic heterocycles. The first-order chi connectivity index (χ1) is 11.3. The second kappa shape index (κ2) is 6.36. The van der Waals surface area contributed by atoms with Crippen molar-refractivity contribution in [1.29, 1.82) is 0 Å². The molecule has 0 spiro atoms. The number of aromatic nitrogens is 1. The van der Waals surface area contributed by atoms with Gasteiger partial charge in [-0.25, -0.2) is 0 Å². The number of H-pyrrole nitrogens is 1. The van der Waals surface area contributed by atoms with Gasteiger partial charge in [0.05, 0.1) is 6.10 Å². The first-order valence-corrected chi connectivity index (χ1v) is 8.79. The van der Waals surface area contributed by atoms with Crippen LogP contribution in [0.4, 0.5) is 0 Å². The average molecular weight is 312 g/mol. The third-order valence-corrected chi connectivity index (χ3v) is 5.11. The molecule has 0 atom stereocenters. The molecular weight excluding hydrogens is 288 g/mol. The van der Waals surface area contributed by atoms with Gasteiger partial charge in [-0.15, -0.1) is 0 Å². The number of ether oxygens (including phenoxy) is 1. The summed E-state index contributed by atoms with van der Waals surface area (Å²) in [5.41, 5.74) is -0.0451. The maximum atomic E-state index is 11.7. The summed E-state index contributed by atoms with van der Waals surface area (Å²) in [6.45, 7) is 1.20. The van der Waals surface area contributed by atoms with E-state index in [1.54, 1.807) is 6.20 Å². The predicted octanol–water partition coefficient (Wildman–Crippen LogP) is 3.22. The molecule has 2 N–H and O–H groups in total. The van der Waals surface area contributed by atoms with Gasteiger partial charge >= 0.3 is 0 Å². The lowest BCUT2D eigenvalue weighted by atomic mass is 9.93. The van der Waals surface area contributed by atoms with E-state index in [0.29, 0.717) is 17.5 Å². The minimum absolute atomic E-state index is 0.0451. The van der Waals surface area contributed by atoms with Crippen LogP contribution < -0.4 is 15.6 Å². The van der Waals surface area contributed by atoms with E-state index in [4.69, 9.17) is 4.74 Å². The molecule has 1 heterocycles. The number of hydrogen-bond acceptors (Lipinski definition) is 3. The number of fused-ring (bicyclic) bond motifs is 1. The molecule has 0 unspecified atom stereocenters. The molecule has 0 saturated heterocycles. The van der Waals surface area contributed by atoms with Crippen molar-refractivity contribution in [3.63, 3.8) is 0 Å². The van der Waals surface area contributed by atoms with Crippen molar-refractivity contribution in [2.75, 3.05) is 6.54 Å². The summed E-state index contributed by atoms with van der Waals surface area (Å²) in [5.74, 6) is 1.82. The standard InChI is InChI=1S/C19H24N2O2/c22-19-18-8-7-17(11-14(18)9-10-20-19)23-16-5-3-15(4-6-16)21-12-13-1-2-13/h7-11,13,15-16,21H,1-6,12H2,(H,20,22). The molecule has 2 saturated carbocycles. The van der Waals surface area contributed by atoms with Crippen LogP contribution in [0, 0.1) is 5.92 Å². The number of pyridine rings is 1. The number of hydrogen-bond donors (Lipinski definition) is 2. The second-order valence-electron chi connectivity index (χ2n) is 7.00. The summed E-state index contributed by atoms with van der Waals surface area (Å²) in [5, 5.41) is 5.36. The molecule has 2 aliphatic rings. The van der Waals surface area contributed by atoms with E-state index in [0.717, 1.165) is 29.9 Å². The fraction of sp³-hybridized carbons (Fsp3) is 0.526. The monoisotopic (exact) mass is 312 g/mol. The molecule has 4 rings (SSSR count). The Morgan fingerprint density at radius 1 is 1.09 bits per heavy atom. The van der Waals surface area contributed by atoms with Crippen molar-refractivity contribution in [3.8, 4) is 5.75 Å². The SMILES string of the molecule is O=c1[nH]ccc2cc(OC3CCC(NCC4CC4)CC3)ccc12. The molecule has 0 bridgehead atoms. The van der Waals surface area contributed by atoms with E-state index in [1.807, 2.05) is 24.3 Å². The Morgan fingerprint density at radius 2 is 1.91 bits per heavy atom. The second-order valence-corrected chi connectivity index (χ2v) is 7.00. The van der Waals surface area contributed by atoms with E-state index in [1.165, 1.54) is 32.2 Å². The summed E-state index contributed by atoms with van der Waals surface area (Å²) < 4.78 is 6.15. The topological polar surface area (TPSA) is 54.1 Å². The molecular formula is C19H24N2O2. The van der Waals surface area contributed by atoms with Crippen LogP contribution in [-0.4, -0.2) is 23.7 Å². The van der Waals surface area contributed by atoms with Gasteiger partial charge in [-0.2, -0.15) is 0 Å². The molecule has 0 amide bonds. The third-order valence-electron chi connectivity index (χ3n) is 5.11. The number of nitrogens with one attached hydrogen (secondary N) is 2. The van der Waals surface area contributed by atoms with Crippen molar-refractivity contribution in [2.24, 2.45) is 5.92 Å². The summed E-state index contributed by atoms with van der Waals surface area (Å²) in [6.07, 6.45) is 9.42. The molecule has 23 heavy (non-hydrogen) atoms. The summed E-state index contributed by atoms with van der Waals surface area (Å²) in [7, 11) is 0. The highest BCUT2D eigenvalue weighted by atomic mass is 16.5. The van der Waals surface area contributed by atoms with Crippen molar-refractivity contribution >= 4 is 10.8 Å². The Kier molecular flexibility index (Phi) is 4.08. The van der Waals surface area contributed by atoms with Gasteiger partial charge in [0.1, 0.15) is 5.75 Å². The van der Waals surface area contributed by atoms with E-state index in [-0.39, 0.29) is 5.56 Å². The van der Waals surface area contributed by atoms with Gasteiger partial charge in [0, 0.05) is 17.6 Å². The minimum Gasteiger partial charge on any atom is -0.490 e. The highest BCUT2D eigenvalue weighted by Gasteiger charge is 2.25. The van der Waals surface area contributed by atoms with E-state index in [9.17, 15) is 4.79 Å². The Hall–Kier alpha value is -1.81. The molecule has 1 aromatic carbocycles. The first kappa shape index (κ1) is 14.8. The Bertz CT molecular complexity index is 727. The third kappa shape index (κ3) is 3.58. The van der Waals surface area contributed by atoms with Crippen molar-refractivity contribution in [3.05, 3.63) is 40.8 Å². The van der Waals surface area contributed by atoms with Crippen LogP contribution in [0.1, 0.15) is 38.5 Å². The van der Waals surface area contributed by atoms with Crippen LogP contribution in [0.2, 0.25) is 0 Å². The highest BCUT2D eigenvalue weighted by molar-refractivity contribution is 5.82. The maximum Gasteiger partial charge on any atom is 0.255 e. The molecule has 0 aliphatic heterocycles. The van der Waals surface area contributed by atoms with Crippen LogP contribution in [-0.2, 0) is 0 Å². The van der Waals surface area contributed by atoms with Gasteiger partial charge in [0.15, 0.2) is 0 Å². The van der Waals surface area contributed by atoms with Crippen LogP contribution >= 0.6 is 0 Å². The Balaban J connectivity index is 1.34. The zero-order valence-electron chi connectivity index (χ0n) is 13.4. The fourth-order valence-electron chi connectivity index (χ4n) is 3.48. The molecule has 122 valence electrons. The average Bonchev–Trinajstić information content (AvgIpc) is 3.39. The lowest BCUT2D eigenvalue weighted by molar-refractivity contribution is 0.139. The van der Waals surface area contributed by atoms with Crippen LogP contribution in [0.3, 0.4) is 0 Å². The smallest absolute Gasteiger partial charge is 0.255 e. The molecule has 2 fully saturated rings. The minimum atomic E-state index is -0.0451. The van der Waals surface area contributed by atoms with E-state index >= 15 is 0 Å². The molecule has 2 aromatic rings. The largest absolute Gasteiger partial charge is 0.490 e. The van der Waals surface area contributed by atoms with Crippen LogP contribution in [0.25, 0.3) is 10.8 Å². The predicted molar refractivity (Wildman–Crippen MR) is 92.0 cm³/mol. The molecule has 4 nitrogen and oxygen atoms in total. The molecule has 2 aliphatic carbocycles. The van der Waals surface area contributed by atoms with E-state index in [2.05, 4.69) is 10.3 Å². The molecule has 0 radical (unpaired) electrons. The van der Waals surface area contributed by atoms with Crippen molar-refractivity contribution in [2.45, 2.75) is 50.7 Å². The van der Waals surface area contributed by atoms with Gasteiger partial charge < -0.3 is 15.0 Å². The summed E-state index contributed by atoms with van der Waals surface area (Å²) in [6, 6.07) is 8.33. The normalized spacial score (nSPS) is 24.7. The van der Waals surface area contributed by atoms with E-state index < -0.39 is 0 Å². The maximum absolute atomic E-state index is 11.7. The quantitative estimate of drug-likeness (QED) is 0.891. The summed E-state index contributed by atoms with van der Waals surface area (Å²) >= 11 is 0. The molecule has 4 heteroatoms. The number of aromatic amines is 1. The van der Waals surface area contributed by atoms with Gasteiger partial charge in [-0.1, -0.05) is 0 Å². The zero-order chi connectivity index (χ0) is 15.6. The van der Waals surface area contributed by atoms with Crippen molar-refractivity contribution < 1.29 is 4.74 Å².